The van der Waals surface area contributed by atoms with Crippen LogP contribution in [0, 0.1) is 6.92 Å². The summed E-state index contributed by atoms with van der Waals surface area (Å²) < 4.78 is 5.14. The van der Waals surface area contributed by atoms with Crippen molar-refractivity contribution in [1.82, 2.24) is 10.2 Å². The highest BCUT2D eigenvalue weighted by molar-refractivity contribution is 6.09. The van der Waals surface area contributed by atoms with Crippen molar-refractivity contribution < 1.29 is 23.9 Å². The van der Waals surface area contributed by atoms with E-state index in [0.29, 0.717) is 18.4 Å². The molecule has 1 spiro atoms. The molecule has 0 radical (unpaired) electrons. The smallest absolute Gasteiger partial charge is 0.326 e. The molecule has 0 aromatic heterocycles. The van der Waals surface area contributed by atoms with Crippen molar-refractivity contribution in [2.75, 3.05) is 6.54 Å². The van der Waals surface area contributed by atoms with Crippen LogP contribution in [0.5, 0.6) is 0 Å². The zero-order chi connectivity index (χ0) is 18.9. The minimum absolute atomic E-state index is 0.331. The van der Waals surface area contributed by atoms with Crippen molar-refractivity contribution >= 4 is 23.7 Å². The maximum atomic E-state index is 12.5. The molecule has 3 rings (SSSR count). The van der Waals surface area contributed by atoms with Crippen molar-refractivity contribution in [3.63, 3.8) is 0 Å². The fourth-order valence-corrected chi connectivity index (χ4v) is 3.51. The lowest BCUT2D eigenvalue weighted by Crippen LogP contribution is -2.44. The number of carbonyl (C=O) groups is 4. The number of esters is 1. The van der Waals surface area contributed by atoms with Gasteiger partial charge in [0.2, 0.25) is 5.78 Å². The van der Waals surface area contributed by atoms with Gasteiger partial charge in [-0.15, -0.1) is 0 Å². The number of hydrogen-bond donors (Lipinski definition) is 1. The van der Waals surface area contributed by atoms with E-state index in [0.717, 1.165) is 23.3 Å². The average molecular weight is 358 g/mol. The molecule has 2 fully saturated rings. The number of nitrogens with one attached hydrogen (secondary N) is 1. The van der Waals surface area contributed by atoms with Gasteiger partial charge in [0.05, 0.1) is 0 Å². The van der Waals surface area contributed by atoms with E-state index in [1.54, 1.807) is 24.3 Å². The largest absolute Gasteiger partial charge is 0.453 e. The molecule has 1 aliphatic heterocycles. The predicted octanol–water partition coefficient (Wildman–Crippen LogP) is 1.97. The van der Waals surface area contributed by atoms with Crippen molar-refractivity contribution in [3.8, 4) is 0 Å². The Labute approximate surface area is 151 Å². The van der Waals surface area contributed by atoms with Crippen LogP contribution >= 0.6 is 0 Å². The zero-order valence-electron chi connectivity index (χ0n) is 14.9. The number of rotatable bonds is 5. The number of benzene rings is 1. The van der Waals surface area contributed by atoms with E-state index in [1.165, 1.54) is 6.92 Å². The lowest BCUT2D eigenvalue weighted by atomic mass is 9.98. The fourth-order valence-electron chi connectivity index (χ4n) is 3.51. The second-order valence-electron chi connectivity index (χ2n) is 6.97. The van der Waals surface area contributed by atoms with Crippen LogP contribution in [0.3, 0.4) is 0 Å². The second-order valence-corrected chi connectivity index (χ2v) is 6.97. The molecule has 1 aromatic rings. The summed E-state index contributed by atoms with van der Waals surface area (Å²) in [5, 5.41) is 2.70. The third-order valence-corrected chi connectivity index (χ3v) is 5.00. The number of ketones is 1. The van der Waals surface area contributed by atoms with E-state index in [2.05, 4.69) is 5.32 Å². The number of aryl methyl sites for hydroxylation is 1. The summed E-state index contributed by atoms with van der Waals surface area (Å²) in [5.74, 6) is -1.49. The number of urea groups is 1. The fraction of sp³-hybridized carbons (Fsp3) is 0.474. The van der Waals surface area contributed by atoms with Crippen molar-refractivity contribution in [1.29, 1.82) is 0 Å². The Morgan fingerprint density at radius 1 is 1.19 bits per heavy atom. The molecule has 1 saturated carbocycles. The molecular formula is C19H22N2O5. The number of amides is 3. The Balaban J connectivity index is 1.60. The number of hydrogen-bond acceptors (Lipinski definition) is 5. The zero-order valence-corrected chi connectivity index (χ0v) is 14.9. The van der Waals surface area contributed by atoms with Crippen LogP contribution in [0.25, 0.3) is 0 Å². The molecule has 1 saturated heterocycles. The molecule has 1 heterocycles. The molecule has 1 N–H and O–H groups in total. The molecule has 26 heavy (non-hydrogen) atoms. The quantitative estimate of drug-likeness (QED) is 0.493. The maximum absolute atomic E-state index is 12.5. The summed E-state index contributed by atoms with van der Waals surface area (Å²) in [6.07, 6.45) is 1.92. The normalized spacial score (nSPS) is 19.5. The Hall–Kier alpha value is -2.70. The molecule has 3 amide bonds. The molecule has 1 aliphatic carbocycles. The first-order valence-corrected chi connectivity index (χ1v) is 8.77. The number of Topliss-reactive ketones (excluding diaryl/α,β-unsaturated/α-hetero) is 1. The number of nitrogens with zero attached hydrogens (tertiary/aromatic N) is 1. The van der Waals surface area contributed by atoms with Crippen LogP contribution < -0.4 is 5.32 Å². The summed E-state index contributed by atoms with van der Waals surface area (Å²) in [6.45, 7) is 2.90. The first kappa shape index (κ1) is 18.1. The molecule has 0 bridgehead atoms. The van der Waals surface area contributed by atoms with Crippen LogP contribution in [0.4, 0.5) is 4.79 Å². The second kappa shape index (κ2) is 6.90. The molecule has 0 unspecified atom stereocenters. The van der Waals surface area contributed by atoms with E-state index in [-0.39, 0.29) is 11.7 Å². The Bertz CT molecular complexity index is 750. The molecule has 2 aliphatic rings. The van der Waals surface area contributed by atoms with E-state index in [9.17, 15) is 19.2 Å². The monoisotopic (exact) mass is 358 g/mol. The van der Waals surface area contributed by atoms with Gasteiger partial charge in [0.25, 0.3) is 5.91 Å². The SMILES string of the molecule is Cc1ccc(C(=O)[C@@H](C)OC(=O)CN2C(=O)NC3(CCCC3)C2=O)cc1. The highest BCUT2D eigenvalue weighted by Crippen LogP contribution is 2.34. The van der Waals surface area contributed by atoms with Crippen LogP contribution in [0.2, 0.25) is 0 Å². The molecule has 7 heteroatoms. The summed E-state index contributed by atoms with van der Waals surface area (Å²) in [6, 6.07) is 6.37. The minimum Gasteiger partial charge on any atom is -0.453 e. The maximum Gasteiger partial charge on any atom is 0.326 e. The topological polar surface area (TPSA) is 92.8 Å². The van der Waals surface area contributed by atoms with Gasteiger partial charge >= 0.3 is 12.0 Å². The lowest BCUT2D eigenvalue weighted by molar-refractivity contribution is -0.149. The van der Waals surface area contributed by atoms with Gasteiger partial charge in [-0.2, -0.15) is 0 Å². The Morgan fingerprint density at radius 2 is 1.81 bits per heavy atom. The van der Waals surface area contributed by atoms with Gasteiger partial charge in [-0.3, -0.25) is 19.3 Å². The minimum atomic E-state index is -0.994. The van der Waals surface area contributed by atoms with Crippen molar-refractivity contribution in [2.24, 2.45) is 0 Å². The van der Waals surface area contributed by atoms with Crippen molar-refractivity contribution in [2.45, 2.75) is 51.2 Å². The van der Waals surface area contributed by atoms with Crippen LogP contribution in [0.1, 0.15) is 48.5 Å². The molecule has 1 atom stereocenters. The number of carbonyl (C=O) groups excluding carboxylic acids is 4. The van der Waals surface area contributed by atoms with Crippen LogP contribution in [0.15, 0.2) is 24.3 Å². The Morgan fingerprint density at radius 3 is 2.42 bits per heavy atom. The van der Waals surface area contributed by atoms with Crippen molar-refractivity contribution in [3.05, 3.63) is 35.4 Å². The summed E-state index contributed by atoms with van der Waals surface area (Å²) in [5.41, 5.74) is 0.599. The van der Waals surface area contributed by atoms with Crippen LogP contribution in [-0.2, 0) is 14.3 Å². The highest BCUT2D eigenvalue weighted by atomic mass is 16.5. The van der Waals surface area contributed by atoms with Gasteiger partial charge in [-0.25, -0.2) is 4.79 Å². The highest BCUT2D eigenvalue weighted by Gasteiger charge is 2.52. The number of imide groups is 1. The van der Waals surface area contributed by atoms with Gasteiger partial charge in [0, 0.05) is 5.56 Å². The van der Waals surface area contributed by atoms with Crippen LogP contribution in [-0.4, -0.2) is 46.8 Å². The van der Waals surface area contributed by atoms with E-state index in [1.807, 2.05) is 6.92 Å². The first-order chi connectivity index (χ1) is 12.3. The van der Waals surface area contributed by atoms with Gasteiger partial charge in [0.1, 0.15) is 12.1 Å². The third-order valence-electron chi connectivity index (χ3n) is 5.00. The van der Waals surface area contributed by atoms with E-state index < -0.39 is 30.2 Å². The first-order valence-electron chi connectivity index (χ1n) is 8.77. The standard InChI is InChI=1S/C19H22N2O5/c1-12-5-7-14(8-6-12)16(23)13(2)26-15(22)11-21-17(24)19(20-18(21)25)9-3-4-10-19/h5-8,13H,3-4,9-11H2,1-2H3,(H,20,25)/t13-/m1/s1. The number of ether oxygens (including phenoxy) is 1. The lowest BCUT2D eigenvalue weighted by Gasteiger charge is -2.20. The third kappa shape index (κ3) is 3.34. The summed E-state index contributed by atoms with van der Waals surface area (Å²) in [7, 11) is 0. The van der Waals surface area contributed by atoms with E-state index in [4.69, 9.17) is 4.74 Å². The molecule has 7 nitrogen and oxygen atoms in total. The predicted molar refractivity (Wildman–Crippen MR) is 92.5 cm³/mol. The molecule has 1 aromatic carbocycles. The molecule has 138 valence electrons. The van der Waals surface area contributed by atoms with Gasteiger partial charge in [0.15, 0.2) is 6.10 Å². The Kier molecular flexibility index (Phi) is 4.80. The molecular weight excluding hydrogens is 336 g/mol. The van der Waals surface area contributed by atoms with E-state index >= 15 is 0 Å². The summed E-state index contributed by atoms with van der Waals surface area (Å²) in [4.78, 5) is 49.9. The average Bonchev–Trinajstić information content (AvgIpc) is 3.16. The van der Waals surface area contributed by atoms with Gasteiger partial charge < -0.3 is 10.1 Å². The van der Waals surface area contributed by atoms with Gasteiger partial charge in [-0.1, -0.05) is 42.7 Å². The van der Waals surface area contributed by atoms with Gasteiger partial charge in [-0.05, 0) is 26.7 Å². The summed E-state index contributed by atoms with van der Waals surface area (Å²) >= 11 is 0.